The Morgan fingerprint density at radius 3 is 0.903 bits per heavy atom. The maximum absolute atomic E-state index is 13.7. The van der Waals surface area contributed by atoms with Gasteiger partial charge in [0.2, 0.25) is 23.6 Å². The summed E-state index contributed by atoms with van der Waals surface area (Å²) in [4.78, 5) is 53.5. The molecular formula is C82H138N4O59. The third-order valence-corrected chi connectivity index (χ3v) is 27.0. The molecule has 0 spiro atoms. The molecule has 840 valence electrons. The molecule has 145 heavy (non-hydrogen) atoms. The lowest BCUT2D eigenvalue weighted by Crippen LogP contribution is -2.72. The fourth-order valence-electron chi connectivity index (χ4n) is 19.1. The van der Waals surface area contributed by atoms with E-state index < -0.39 is 458 Å². The predicted octanol–water partition coefficient (Wildman–Crippen LogP) is -23.0. The number of ether oxygens (including phenoxy) is 26. The van der Waals surface area contributed by atoms with Gasteiger partial charge in [0.15, 0.2) is 75.5 Å². The average Bonchev–Trinajstić information content (AvgIpc) is 1.46. The lowest BCUT2D eigenvalue weighted by molar-refractivity contribution is -0.407. The van der Waals surface area contributed by atoms with Crippen LogP contribution in [0.4, 0.5) is 0 Å². The van der Waals surface area contributed by atoms with Crippen molar-refractivity contribution >= 4 is 23.6 Å². The molecule has 0 radical (unpaired) electrons. The van der Waals surface area contributed by atoms with Gasteiger partial charge in [-0.15, -0.1) is 0 Å². The predicted molar refractivity (Wildman–Crippen MR) is 448 cm³/mol. The number of nitrogens with one attached hydrogen (secondary N) is 4. The van der Waals surface area contributed by atoms with Crippen molar-refractivity contribution in [3.05, 3.63) is 0 Å². The highest BCUT2D eigenvalue weighted by molar-refractivity contribution is 5.74. The van der Waals surface area contributed by atoms with Gasteiger partial charge in [0, 0.05) is 49.0 Å². The number of rotatable bonds is 40. The van der Waals surface area contributed by atoms with Gasteiger partial charge in [0.25, 0.3) is 0 Å². The molecule has 0 bridgehead atoms. The number of methoxy groups -OCH3 is 3. The fraction of sp³-hybridized carbons (Fsp3) is 0.951. The molecule has 0 aliphatic carbocycles. The first kappa shape index (κ1) is 119. The third-order valence-electron chi connectivity index (χ3n) is 27.0. The van der Waals surface area contributed by atoms with Gasteiger partial charge >= 0.3 is 0 Å². The Kier molecular flexibility index (Phi) is 43.4. The molecule has 63 nitrogen and oxygen atoms in total. The summed E-state index contributed by atoms with van der Waals surface area (Å²) in [5.74, 6) is -3.98. The van der Waals surface area contributed by atoms with Gasteiger partial charge in [-0.05, 0) is 6.92 Å². The third kappa shape index (κ3) is 26.6. The molecular weight excluding hydrogens is 1980 g/mol. The number of hydrogen-bond donors (Lipinski definition) is 33. The molecule has 59 atom stereocenters. The first-order chi connectivity index (χ1) is 68.8. The van der Waals surface area contributed by atoms with E-state index in [1.165, 1.54) is 6.92 Å². The number of carbonyl (C=O) groups excluding carboxylic acids is 4. The van der Waals surface area contributed by atoms with Crippen molar-refractivity contribution in [2.45, 2.75) is 397 Å². The molecule has 0 aromatic heterocycles. The monoisotopic (exact) mass is 2120 g/mol. The van der Waals surface area contributed by atoms with Gasteiger partial charge in [0.1, 0.15) is 281 Å². The van der Waals surface area contributed by atoms with E-state index in [4.69, 9.17) is 123 Å². The van der Waals surface area contributed by atoms with Crippen LogP contribution >= 0.6 is 0 Å². The molecule has 33 N–H and O–H groups in total. The number of amides is 4. The standard InChI is InChI=1S/C82H138N4O59/c1-20-40(98)52(110)56(114)75(127-20)126-19-35-63(49(107)36(71(119)128-35)83-21(2)94)140-72-37(84-22(3)95)51(109)62(31(15-93)134-72)141-82-70(145-79-55(113)43(101)27(11-89)132-79)68(48(106)34(138-82)18-123-76-57(115)53(111)41(99)25(9-87)129-76)143-81-69(54(112)42(100)26(10-88)133-81)144-73-38(85-23(4)96)50(108)61(30(14-92)135-73)139-74-39(86-24(5)97)64(46(104)32(136-74)16-124-77-58(116)65(120-6)44(102)28(12-90)130-77)142-80-60(118)67(122-8)47(105)33(137-80)17-125-78-59(117)66(121-7)45(103)29(13-91)131-78/h20,25-82,87-93,98-119H,9-19H2,1-8H3,(H,83,94)(H,84,95)(H,85,96)(H,86,97)/t20-,25+,26+,27+,28+,29+,30+,31+,32+,33+,34+,35+,36+,37+,38+,39+,40+,41+,42+,43-,44-,45-,46-,47-,48+,49+,50+,51+,52+,53-,54-,55+,56-,57-,58+,59+,60+,61+,62+,63+,64+,65+,66-,67-,68-,69-,70-,71?,72-,73-,74-,75+,76-,77+,78+,79-,80-,81+,82-/m0/s1. The maximum Gasteiger partial charge on any atom is 0.217 e. The maximum atomic E-state index is 13.7. The van der Waals surface area contributed by atoms with Crippen molar-refractivity contribution in [1.29, 1.82) is 0 Å². The first-order valence-electron chi connectivity index (χ1n) is 46.6. The summed E-state index contributed by atoms with van der Waals surface area (Å²) in [6, 6.07) is -8.11. The zero-order chi connectivity index (χ0) is 106. The molecule has 12 aliphatic heterocycles. The summed E-state index contributed by atoms with van der Waals surface area (Å²) in [7, 11) is 3.25. The molecule has 12 heterocycles. The van der Waals surface area contributed by atoms with Gasteiger partial charge in [-0.1, -0.05) is 0 Å². The highest BCUT2D eigenvalue weighted by Gasteiger charge is 2.64. The molecule has 1 unspecified atom stereocenters. The smallest absolute Gasteiger partial charge is 0.217 e. The van der Waals surface area contributed by atoms with Crippen LogP contribution in [0.3, 0.4) is 0 Å². The summed E-state index contributed by atoms with van der Waals surface area (Å²) < 4.78 is 156. The van der Waals surface area contributed by atoms with Crippen molar-refractivity contribution in [3.63, 3.8) is 0 Å². The van der Waals surface area contributed by atoms with E-state index in [1.807, 2.05) is 0 Å². The average molecular weight is 2120 g/mol. The zero-order valence-corrected chi connectivity index (χ0v) is 79.1. The van der Waals surface area contributed by atoms with Gasteiger partial charge in [-0.25, -0.2) is 0 Å². The van der Waals surface area contributed by atoms with E-state index in [9.17, 15) is 167 Å². The van der Waals surface area contributed by atoms with Crippen molar-refractivity contribution < 1.29 is 290 Å². The van der Waals surface area contributed by atoms with Crippen LogP contribution in [0, 0.1) is 0 Å². The van der Waals surface area contributed by atoms with Crippen LogP contribution in [-0.2, 0) is 142 Å². The van der Waals surface area contributed by atoms with Crippen LogP contribution < -0.4 is 21.3 Å². The number of carbonyl (C=O) groups is 4. The zero-order valence-electron chi connectivity index (χ0n) is 79.1. The van der Waals surface area contributed by atoms with Gasteiger partial charge < -0.3 is 293 Å². The van der Waals surface area contributed by atoms with Crippen molar-refractivity contribution in [2.24, 2.45) is 0 Å². The number of aliphatic hydroxyl groups excluding tert-OH is 29. The molecule has 0 aromatic rings. The van der Waals surface area contributed by atoms with E-state index in [2.05, 4.69) is 21.3 Å². The Bertz CT molecular complexity index is 3980. The molecule has 12 fully saturated rings. The Morgan fingerprint density at radius 2 is 0.462 bits per heavy atom. The Balaban J connectivity index is 0.886. The van der Waals surface area contributed by atoms with E-state index in [1.54, 1.807) is 0 Å². The van der Waals surface area contributed by atoms with Crippen LogP contribution in [0.2, 0.25) is 0 Å². The summed E-state index contributed by atoms with van der Waals surface area (Å²) in [5, 5.41) is 339. The minimum atomic E-state index is -2.60. The molecule has 4 amide bonds. The van der Waals surface area contributed by atoms with Crippen LogP contribution in [0.25, 0.3) is 0 Å². The van der Waals surface area contributed by atoms with Crippen molar-refractivity contribution in [1.82, 2.24) is 21.3 Å². The van der Waals surface area contributed by atoms with E-state index in [-0.39, 0.29) is 0 Å². The highest BCUT2D eigenvalue weighted by atomic mass is 16.8. The van der Waals surface area contributed by atoms with Crippen LogP contribution in [0.1, 0.15) is 34.6 Å². The largest absolute Gasteiger partial charge is 0.394 e. The summed E-state index contributed by atoms with van der Waals surface area (Å²) in [5.41, 5.74) is 0. The highest BCUT2D eigenvalue weighted by Crippen LogP contribution is 2.43. The number of hydrogen-bond acceptors (Lipinski definition) is 59. The SMILES string of the molecule is CO[C@@H]1[C@@H](O)[C@@H](CO)O[C@@H](OC[C@H]2O[C@@H](O[C@H]3[C@H](O)[C@@H](NC(C)=O)[C@H](O[C@@H]4[C@@H](O[C@H]5[C@H](O)[C@@H](CO[C@H]6O[C@H](CO)[C@@H](O)[C@H](O)[C@@H]6O)O[C@@H](O[C@H]6[C@H](O)[C@@H](NC(C)=O)[C@H](O[C@H]7[C@H](O)[C@@H](NC(C)=O)C(O)O[C@@H]7CO[C@@H]7O[C@@H](C)[C@@H](O)[C@@H](O)[C@@H]7O)O[C@@H]6CO)[C@H]5O[C@@H]5O[C@H](CO)[C@H](O)[C@H]5O)O[C@H](CO)[C@@H](O)[C@@H]4O)O[C@@H]3CO)[C@H](NC(C)=O)[C@@H](O[C@@H]3O[C@H](CO[C@@H]4O[C@H](CO)[C@H](O)[C@H](OC)[C@H]4O)[C@H](O)[C@H](OC)[C@H]3O)[C@H]2O)[C@@H]1O. The summed E-state index contributed by atoms with van der Waals surface area (Å²) in [6.07, 6.45) is -113. The molecule has 12 rings (SSSR count). The first-order valence-corrected chi connectivity index (χ1v) is 46.6. The molecule has 0 aromatic carbocycles. The normalized spacial score (nSPS) is 49.5. The summed E-state index contributed by atoms with van der Waals surface area (Å²) in [6.45, 7) is -6.69. The lowest BCUT2D eigenvalue weighted by Gasteiger charge is -2.52. The van der Waals surface area contributed by atoms with Crippen molar-refractivity contribution in [3.8, 4) is 0 Å². The second kappa shape index (κ2) is 52.7. The minimum absolute atomic E-state index is 0.817. The fourth-order valence-corrected chi connectivity index (χ4v) is 19.1. The van der Waals surface area contributed by atoms with Crippen molar-refractivity contribution in [2.75, 3.05) is 94.0 Å². The van der Waals surface area contributed by atoms with Crippen LogP contribution in [0.15, 0.2) is 0 Å². The van der Waals surface area contributed by atoms with Gasteiger partial charge in [0.05, 0.1) is 78.8 Å². The number of aliphatic hydroxyl groups is 29. The van der Waals surface area contributed by atoms with Gasteiger partial charge in [-0.2, -0.15) is 0 Å². The van der Waals surface area contributed by atoms with Crippen LogP contribution in [-0.4, -0.2) is 628 Å². The Labute approximate surface area is 823 Å². The van der Waals surface area contributed by atoms with E-state index in [0.29, 0.717) is 0 Å². The molecule has 63 heteroatoms. The van der Waals surface area contributed by atoms with E-state index >= 15 is 0 Å². The quantitative estimate of drug-likeness (QED) is 0.0271. The Hall–Kier alpha value is -4.32. The molecule has 0 saturated carbocycles. The van der Waals surface area contributed by atoms with Crippen LogP contribution in [0.5, 0.6) is 0 Å². The summed E-state index contributed by atoms with van der Waals surface area (Å²) >= 11 is 0. The molecule has 12 aliphatic rings. The Morgan fingerprint density at radius 1 is 0.207 bits per heavy atom. The molecule has 12 saturated heterocycles. The second-order valence-corrected chi connectivity index (χ2v) is 36.8. The second-order valence-electron chi connectivity index (χ2n) is 36.8. The lowest BCUT2D eigenvalue weighted by atomic mass is 9.93. The topological polar surface area (TPSA) is 943 Å². The van der Waals surface area contributed by atoms with Gasteiger partial charge in [-0.3, -0.25) is 19.2 Å². The minimum Gasteiger partial charge on any atom is -0.394 e. The van der Waals surface area contributed by atoms with E-state index in [0.717, 1.165) is 49.0 Å².